The van der Waals surface area contributed by atoms with Gasteiger partial charge >= 0.3 is 0 Å². The van der Waals surface area contributed by atoms with Gasteiger partial charge in [-0.15, -0.1) is 0 Å². The number of carbonyl (C=O) groups excluding carboxylic acids is 2. The smallest absolute Gasteiger partial charge is 0.158 e. The number of Topliss-reactive ketones (excluding diaryl/α,β-unsaturated/α-hetero) is 2. The van der Waals surface area contributed by atoms with Crippen molar-refractivity contribution in [3.63, 3.8) is 0 Å². The summed E-state index contributed by atoms with van der Waals surface area (Å²) in [6, 6.07) is 0. The lowest BCUT2D eigenvalue weighted by Gasteiger charge is -2.57. The van der Waals surface area contributed by atoms with Crippen LogP contribution in [0, 0.1) is 28.6 Å². The fourth-order valence-corrected chi connectivity index (χ4v) is 6.81. The Balaban J connectivity index is 1.79. The van der Waals surface area contributed by atoms with Crippen LogP contribution in [-0.4, -0.2) is 11.6 Å². The third-order valence-corrected chi connectivity index (χ3v) is 8.04. The zero-order valence-corrected chi connectivity index (χ0v) is 14.7. The molecule has 23 heavy (non-hydrogen) atoms. The Morgan fingerprint density at radius 3 is 2.43 bits per heavy atom. The van der Waals surface area contributed by atoms with E-state index in [1.165, 1.54) is 11.1 Å². The standard InChI is InChI=1S/C21H28O2/c1-12-11-14-15-5-6-18(23)20(15,3)9-7-16(14)21(4)10-8-17(22)13(2)19(12)21/h14-16H,1,5-11H2,2-4H3/t14-,15-,16+,20-,21+/m0/s1. The van der Waals surface area contributed by atoms with E-state index < -0.39 is 0 Å². The molecule has 3 saturated carbocycles. The summed E-state index contributed by atoms with van der Waals surface area (Å²) in [6.07, 6.45) is 6.66. The Hall–Kier alpha value is -1.18. The molecule has 0 aromatic heterocycles. The molecule has 0 bridgehead atoms. The summed E-state index contributed by atoms with van der Waals surface area (Å²) in [5.74, 6) is 2.54. The van der Waals surface area contributed by atoms with Crippen molar-refractivity contribution < 1.29 is 9.59 Å². The molecule has 0 aromatic rings. The number of ketones is 2. The second kappa shape index (κ2) is 4.68. The van der Waals surface area contributed by atoms with Crippen molar-refractivity contribution in [2.75, 3.05) is 0 Å². The van der Waals surface area contributed by atoms with Crippen molar-refractivity contribution in [2.24, 2.45) is 28.6 Å². The van der Waals surface area contributed by atoms with Gasteiger partial charge in [-0.3, -0.25) is 9.59 Å². The Kier molecular flexibility index (Phi) is 3.12. The normalized spacial score (nSPS) is 46.6. The van der Waals surface area contributed by atoms with E-state index in [4.69, 9.17) is 0 Å². The van der Waals surface area contributed by atoms with Crippen LogP contribution in [0.5, 0.6) is 0 Å². The molecule has 0 radical (unpaired) electrons. The lowest BCUT2D eigenvalue weighted by Crippen LogP contribution is -2.51. The Morgan fingerprint density at radius 1 is 1.00 bits per heavy atom. The Labute approximate surface area is 139 Å². The van der Waals surface area contributed by atoms with Gasteiger partial charge in [-0.1, -0.05) is 26.0 Å². The molecule has 2 nitrogen and oxygen atoms in total. The minimum absolute atomic E-state index is 0.0848. The Bertz CT molecular complexity index is 655. The number of rotatable bonds is 0. The average molecular weight is 312 g/mol. The number of hydrogen-bond donors (Lipinski definition) is 0. The van der Waals surface area contributed by atoms with Crippen LogP contribution in [0.2, 0.25) is 0 Å². The first-order valence-corrected chi connectivity index (χ1v) is 9.25. The lowest BCUT2D eigenvalue weighted by molar-refractivity contribution is -0.132. The third kappa shape index (κ3) is 1.81. The van der Waals surface area contributed by atoms with Gasteiger partial charge in [-0.05, 0) is 73.3 Å². The molecule has 124 valence electrons. The Morgan fingerprint density at radius 2 is 1.70 bits per heavy atom. The predicted molar refractivity (Wildman–Crippen MR) is 90.9 cm³/mol. The molecule has 0 N–H and O–H groups in total. The van der Waals surface area contributed by atoms with Gasteiger partial charge in [0.1, 0.15) is 5.78 Å². The second-order valence-corrected chi connectivity index (χ2v) is 8.94. The predicted octanol–water partition coefficient (Wildman–Crippen LogP) is 4.64. The number of fused-ring (bicyclic) bond motifs is 5. The summed E-state index contributed by atoms with van der Waals surface area (Å²) in [7, 11) is 0. The maximum atomic E-state index is 12.5. The first kappa shape index (κ1) is 15.4. The molecular weight excluding hydrogens is 284 g/mol. The maximum absolute atomic E-state index is 12.5. The van der Waals surface area contributed by atoms with Crippen LogP contribution in [0.15, 0.2) is 23.3 Å². The molecular formula is C21H28O2. The van der Waals surface area contributed by atoms with E-state index in [-0.39, 0.29) is 10.8 Å². The van der Waals surface area contributed by atoms with Gasteiger partial charge in [-0.25, -0.2) is 0 Å². The minimum Gasteiger partial charge on any atom is -0.299 e. The van der Waals surface area contributed by atoms with Crippen LogP contribution in [0.4, 0.5) is 0 Å². The highest BCUT2D eigenvalue weighted by Gasteiger charge is 2.59. The van der Waals surface area contributed by atoms with Gasteiger partial charge in [0.25, 0.3) is 0 Å². The number of allylic oxidation sites excluding steroid dienone is 2. The largest absolute Gasteiger partial charge is 0.299 e. The molecule has 0 unspecified atom stereocenters. The molecule has 0 spiro atoms. The molecule has 0 amide bonds. The van der Waals surface area contributed by atoms with Gasteiger partial charge in [-0.2, -0.15) is 0 Å². The van der Waals surface area contributed by atoms with E-state index in [0.717, 1.165) is 44.1 Å². The van der Waals surface area contributed by atoms with Gasteiger partial charge in [0.15, 0.2) is 5.78 Å². The number of hydrogen-bond acceptors (Lipinski definition) is 2. The lowest BCUT2D eigenvalue weighted by atomic mass is 9.46. The zero-order valence-electron chi connectivity index (χ0n) is 14.7. The first-order chi connectivity index (χ1) is 10.8. The molecule has 4 rings (SSSR count). The van der Waals surface area contributed by atoms with Crippen molar-refractivity contribution in [1.82, 2.24) is 0 Å². The van der Waals surface area contributed by atoms with Crippen LogP contribution >= 0.6 is 0 Å². The van der Waals surface area contributed by atoms with Crippen LogP contribution in [0.1, 0.15) is 65.7 Å². The molecule has 0 aliphatic heterocycles. The van der Waals surface area contributed by atoms with Crippen LogP contribution in [0.3, 0.4) is 0 Å². The zero-order chi connectivity index (χ0) is 16.6. The minimum atomic E-state index is -0.0848. The van der Waals surface area contributed by atoms with Crippen molar-refractivity contribution in [2.45, 2.75) is 65.7 Å². The van der Waals surface area contributed by atoms with E-state index in [1.807, 2.05) is 6.92 Å². The summed E-state index contributed by atoms with van der Waals surface area (Å²) in [4.78, 5) is 24.7. The molecule has 3 fully saturated rings. The molecule has 5 atom stereocenters. The van der Waals surface area contributed by atoms with Crippen LogP contribution in [-0.2, 0) is 9.59 Å². The van der Waals surface area contributed by atoms with E-state index in [1.54, 1.807) is 0 Å². The van der Waals surface area contributed by atoms with E-state index in [2.05, 4.69) is 20.4 Å². The van der Waals surface area contributed by atoms with Crippen molar-refractivity contribution in [3.8, 4) is 0 Å². The van der Waals surface area contributed by atoms with Gasteiger partial charge < -0.3 is 0 Å². The molecule has 0 saturated heterocycles. The molecule has 0 heterocycles. The molecule has 0 aromatic carbocycles. The van der Waals surface area contributed by atoms with E-state index >= 15 is 0 Å². The fourth-order valence-electron chi connectivity index (χ4n) is 6.81. The van der Waals surface area contributed by atoms with Crippen molar-refractivity contribution in [3.05, 3.63) is 23.3 Å². The van der Waals surface area contributed by atoms with E-state index in [9.17, 15) is 9.59 Å². The maximum Gasteiger partial charge on any atom is 0.158 e. The highest BCUT2D eigenvalue weighted by Crippen LogP contribution is 2.65. The average Bonchev–Trinajstić information content (AvgIpc) is 2.79. The topological polar surface area (TPSA) is 34.1 Å². The summed E-state index contributed by atoms with van der Waals surface area (Å²) < 4.78 is 0. The molecule has 2 heteroatoms. The molecule has 4 aliphatic carbocycles. The van der Waals surface area contributed by atoms with E-state index in [0.29, 0.717) is 35.7 Å². The number of carbonyl (C=O) groups is 2. The van der Waals surface area contributed by atoms with Gasteiger partial charge in [0.2, 0.25) is 0 Å². The summed E-state index contributed by atoms with van der Waals surface area (Å²) in [5.41, 5.74) is 3.45. The highest BCUT2D eigenvalue weighted by molar-refractivity contribution is 5.97. The van der Waals surface area contributed by atoms with Crippen LogP contribution < -0.4 is 0 Å². The summed E-state index contributed by atoms with van der Waals surface area (Å²) in [6.45, 7) is 11.0. The second-order valence-electron chi connectivity index (χ2n) is 8.94. The van der Waals surface area contributed by atoms with Gasteiger partial charge in [0.05, 0.1) is 0 Å². The third-order valence-electron chi connectivity index (χ3n) is 8.04. The first-order valence-electron chi connectivity index (χ1n) is 9.25. The van der Waals surface area contributed by atoms with Crippen molar-refractivity contribution >= 4 is 11.6 Å². The quantitative estimate of drug-likeness (QED) is 0.653. The van der Waals surface area contributed by atoms with Crippen molar-refractivity contribution in [1.29, 1.82) is 0 Å². The summed E-state index contributed by atoms with van der Waals surface area (Å²) in [5, 5.41) is 0. The van der Waals surface area contributed by atoms with Gasteiger partial charge in [0, 0.05) is 18.3 Å². The molecule has 4 aliphatic rings. The summed E-state index contributed by atoms with van der Waals surface area (Å²) >= 11 is 0. The SMILES string of the molecule is C=C1C[C@@H]2[C@@H](CC[C@]3(C)C(=O)CC[C@@H]23)[C@@]2(C)CCC(=O)C(C)=C12. The monoisotopic (exact) mass is 312 g/mol. The van der Waals surface area contributed by atoms with Crippen LogP contribution in [0.25, 0.3) is 0 Å². The highest BCUT2D eigenvalue weighted by atomic mass is 16.1. The fraction of sp³-hybridized carbons (Fsp3) is 0.714.